The van der Waals surface area contributed by atoms with Crippen molar-refractivity contribution < 1.29 is 14.6 Å². The molecule has 108 valence electrons. The number of ether oxygens (including phenoxy) is 2. The summed E-state index contributed by atoms with van der Waals surface area (Å²) in [4.78, 5) is 2.37. The van der Waals surface area contributed by atoms with E-state index in [1.807, 2.05) is 0 Å². The van der Waals surface area contributed by atoms with Gasteiger partial charge in [-0.25, -0.2) is 0 Å². The third-order valence-electron chi connectivity index (χ3n) is 3.42. The number of aliphatic hydroxyl groups is 1. The Hall–Kier alpha value is -0.200. The van der Waals surface area contributed by atoms with E-state index in [4.69, 9.17) is 9.47 Å². The van der Waals surface area contributed by atoms with Gasteiger partial charge in [0.1, 0.15) is 0 Å². The van der Waals surface area contributed by atoms with Crippen molar-refractivity contribution in [2.75, 3.05) is 53.1 Å². The van der Waals surface area contributed by atoms with E-state index in [2.05, 4.69) is 17.1 Å². The average Bonchev–Trinajstić information content (AvgIpc) is 2.42. The molecular weight excluding hydrogens is 232 g/mol. The summed E-state index contributed by atoms with van der Waals surface area (Å²) < 4.78 is 10.3. The van der Waals surface area contributed by atoms with Crippen molar-refractivity contribution >= 4 is 0 Å². The van der Waals surface area contributed by atoms with Crippen molar-refractivity contribution in [3.63, 3.8) is 0 Å². The first-order valence-corrected chi connectivity index (χ1v) is 6.97. The molecule has 1 rings (SSSR count). The smallest absolute Gasteiger partial charge is 0.0900 e. The van der Waals surface area contributed by atoms with Gasteiger partial charge in [0, 0.05) is 19.7 Å². The van der Waals surface area contributed by atoms with Gasteiger partial charge in [0.15, 0.2) is 0 Å². The van der Waals surface area contributed by atoms with Gasteiger partial charge >= 0.3 is 0 Å². The number of nitrogens with zero attached hydrogens (tertiary/aromatic N) is 1. The Morgan fingerprint density at radius 2 is 2.06 bits per heavy atom. The predicted molar refractivity (Wildman–Crippen MR) is 71.8 cm³/mol. The highest BCUT2D eigenvalue weighted by atomic mass is 16.5. The van der Waals surface area contributed by atoms with Crippen molar-refractivity contribution in [3.05, 3.63) is 0 Å². The molecule has 1 heterocycles. The zero-order valence-corrected chi connectivity index (χ0v) is 11.7. The van der Waals surface area contributed by atoms with E-state index in [9.17, 15) is 5.11 Å². The van der Waals surface area contributed by atoms with Crippen LogP contribution in [-0.2, 0) is 9.47 Å². The van der Waals surface area contributed by atoms with Gasteiger partial charge in [-0.2, -0.15) is 0 Å². The maximum Gasteiger partial charge on any atom is 0.0900 e. The van der Waals surface area contributed by atoms with Gasteiger partial charge in [0.2, 0.25) is 0 Å². The summed E-state index contributed by atoms with van der Waals surface area (Å²) in [7, 11) is 1.65. The first-order valence-electron chi connectivity index (χ1n) is 6.97. The summed E-state index contributed by atoms with van der Waals surface area (Å²) in [6.07, 6.45) is 1.94. The van der Waals surface area contributed by atoms with Crippen LogP contribution in [0.2, 0.25) is 0 Å². The number of hydrogen-bond acceptors (Lipinski definition) is 5. The molecule has 1 aliphatic rings. The predicted octanol–water partition coefficient (Wildman–Crippen LogP) is 0.0842. The van der Waals surface area contributed by atoms with Gasteiger partial charge in [-0.05, 0) is 32.5 Å². The first kappa shape index (κ1) is 15.9. The molecule has 1 atom stereocenters. The minimum absolute atomic E-state index is 0.394. The molecule has 0 aromatic heterocycles. The number of nitrogens with one attached hydrogen (secondary N) is 1. The maximum atomic E-state index is 9.96. The number of hydrogen-bond donors (Lipinski definition) is 2. The summed E-state index contributed by atoms with van der Waals surface area (Å²) in [5.41, 5.74) is 0. The van der Waals surface area contributed by atoms with Crippen LogP contribution in [0.4, 0.5) is 0 Å². The summed E-state index contributed by atoms with van der Waals surface area (Å²) in [6, 6.07) is 0.602. The first-order chi connectivity index (χ1) is 8.77. The number of methoxy groups -OCH3 is 1. The molecule has 1 saturated heterocycles. The van der Waals surface area contributed by atoms with E-state index in [1.54, 1.807) is 7.11 Å². The fourth-order valence-electron chi connectivity index (χ4n) is 2.39. The molecule has 1 aliphatic heterocycles. The lowest BCUT2D eigenvalue weighted by atomic mass is 10.0. The third kappa shape index (κ3) is 6.11. The highest BCUT2D eigenvalue weighted by molar-refractivity contribution is 4.78. The maximum absolute atomic E-state index is 9.96. The van der Waals surface area contributed by atoms with Crippen LogP contribution >= 0.6 is 0 Å². The Bertz CT molecular complexity index is 199. The highest BCUT2D eigenvalue weighted by Crippen LogP contribution is 2.12. The molecule has 5 heteroatoms. The molecule has 2 N–H and O–H groups in total. The molecule has 1 unspecified atom stereocenters. The van der Waals surface area contributed by atoms with Crippen LogP contribution in [0.3, 0.4) is 0 Å². The van der Waals surface area contributed by atoms with Crippen molar-refractivity contribution in [2.45, 2.75) is 31.9 Å². The standard InChI is InChI=1S/C13H28N2O3/c1-3-15(12-4-6-14-7-5-12)10-13(16)11-18-9-8-17-2/h12-14,16H,3-11H2,1-2H3. The molecule has 1 fully saturated rings. The molecule has 0 aliphatic carbocycles. The lowest BCUT2D eigenvalue weighted by Gasteiger charge is -2.35. The normalized spacial score (nSPS) is 19.3. The van der Waals surface area contributed by atoms with Gasteiger partial charge in [-0.15, -0.1) is 0 Å². The molecule has 0 radical (unpaired) electrons. The molecule has 0 bridgehead atoms. The Balaban J connectivity index is 2.19. The zero-order chi connectivity index (χ0) is 13.2. The summed E-state index contributed by atoms with van der Waals surface area (Å²) >= 11 is 0. The van der Waals surface area contributed by atoms with E-state index in [0.717, 1.165) is 19.6 Å². The monoisotopic (exact) mass is 260 g/mol. The minimum atomic E-state index is -0.406. The Labute approximate surface area is 110 Å². The lowest BCUT2D eigenvalue weighted by molar-refractivity contribution is -0.00762. The molecule has 0 aromatic rings. The van der Waals surface area contributed by atoms with Crippen molar-refractivity contribution in [1.29, 1.82) is 0 Å². The molecular formula is C13H28N2O3. The van der Waals surface area contributed by atoms with Crippen molar-refractivity contribution in [2.24, 2.45) is 0 Å². The van der Waals surface area contributed by atoms with Crippen LogP contribution in [0.1, 0.15) is 19.8 Å². The van der Waals surface area contributed by atoms with E-state index < -0.39 is 6.10 Å². The van der Waals surface area contributed by atoms with E-state index >= 15 is 0 Å². The van der Waals surface area contributed by atoms with Crippen LogP contribution in [0.15, 0.2) is 0 Å². The van der Waals surface area contributed by atoms with Gasteiger partial charge in [-0.3, -0.25) is 4.90 Å². The van der Waals surface area contributed by atoms with Crippen molar-refractivity contribution in [3.8, 4) is 0 Å². The number of likely N-dealkylation sites (N-methyl/N-ethyl adjacent to an activating group) is 1. The molecule has 18 heavy (non-hydrogen) atoms. The molecule has 5 nitrogen and oxygen atoms in total. The van der Waals surface area contributed by atoms with Crippen LogP contribution in [0.25, 0.3) is 0 Å². The third-order valence-corrected chi connectivity index (χ3v) is 3.42. The summed E-state index contributed by atoms with van der Waals surface area (Å²) in [5.74, 6) is 0. The van der Waals surface area contributed by atoms with Crippen LogP contribution < -0.4 is 5.32 Å². The number of aliphatic hydroxyl groups excluding tert-OH is 1. The van der Waals surface area contributed by atoms with Crippen molar-refractivity contribution in [1.82, 2.24) is 10.2 Å². The van der Waals surface area contributed by atoms with Crippen LogP contribution in [-0.4, -0.2) is 75.3 Å². The zero-order valence-electron chi connectivity index (χ0n) is 11.7. The summed E-state index contributed by atoms with van der Waals surface area (Å²) in [6.45, 7) is 7.54. The Morgan fingerprint density at radius 1 is 1.33 bits per heavy atom. The van der Waals surface area contributed by atoms with Gasteiger partial charge in [0.05, 0.1) is 25.9 Å². The largest absolute Gasteiger partial charge is 0.389 e. The van der Waals surface area contributed by atoms with Gasteiger partial charge < -0.3 is 19.9 Å². The van der Waals surface area contributed by atoms with Gasteiger partial charge in [0.25, 0.3) is 0 Å². The molecule has 0 aromatic carbocycles. The van der Waals surface area contributed by atoms with Gasteiger partial charge in [-0.1, -0.05) is 6.92 Å². The second-order valence-electron chi connectivity index (χ2n) is 4.79. The van der Waals surface area contributed by atoms with Crippen LogP contribution in [0, 0.1) is 0 Å². The molecule has 0 amide bonds. The lowest BCUT2D eigenvalue weighted by Crippen LogP contribution is -2.46. The topological polar surface area (TPSA) is 54.0 Å². The van der Waals surface area contributed by atoms with E-state index in [0.29, 0.717) is 32.4 Å². The second kappa shape index (κ2) is 9.69. The average molecular weight is 260 g/mol. The van der Waals surface area contributed by atoms with Crippen LogP contribution in [0.5, 0.6) is 0 Å². The second-order valence-corrected chi connectivity index (χ2v) is 4.79. The fourth-order valence-corrected chi connectivity index (χ4v) is 2.39. The Kier molecular flexibility index (Phi) is 8.54. The van der Waals surface area contributed by atoms with E-state index in [-0.39, 0.29) is 0 Å². The minimum Gasteiger partial charge on any atom is -0.389 e. The van der Waals surface area contributed by atoms with E-state index in [1.165, 1.54) is 12.8 Å². The Morgan fingerprint density at radius 3 is 2.67 bits per heavy atom. The number of piperidine rings is 1. The number of rotatable bonds is 9. The quantitative estimate of drug-likeness (QED) is 0.575. The SMILES string of the molecule is CCN(CC(O)COCCOC)C1CCNCC1. The summed E-state index contributed by atoms with van der Waals surface area (Å²) in [5, 5.41) is 13.3. The molecule has 0 saturated carbocycles. The fraction of sp³-hybridized carbons (Fsp3) is 1.00. The molecule has 0 spiro atoms. The highest BCUT2D eigenvalue weighted by Gasteiger charge is 2.21.